The second-order valence-electron chi connectivity index (χ2n) is 30.5. The summed E-state index contributed by atoms with van der Waals surface area (Å²) in [5, 5.41) is 79.6. The van der Waals surface area contributed by atoms with Gasteiger partial charge in [-0.05, 0) is 185 Å². The summed E-state index contributed by atoms with van der Waals surface area (Å²) in [6.45, 7) is 47.3. The molecule has 0 spiro atoms. The van der Waals surface area contributed by atoms with Crippen LogP contribution in [0.1, 0.15) is 224 Å². The van der Waals surface area contributed by atoms with E-state index in [1.165, 1.54) is 28.4 Å². The van der Waals surface area contributed by atoms with Crippen molar-refractivity contribution < 1.29 is 164 Å². The first-order chi connectivity index (χ1) is 53.3. The number of nitrogens with two attached hydrogens (primary N) is 3. The van der Waals surface area contributed by atoms with Crippen molar-refractivity contribution in [3.05, 3.63) is 0 Å². The largest absolute Gasteiger partial charge is 0.681 e. The van der Waals surface area contributed by atoms with Crippen molar-refractivity contribution >= 4 is 73.9 Å². The Morgan fingerprint density at radius 2 is 0.609 bits per heavy atom. The maximum absolute atomic E-state index is 10.8. The number of unbranched alkanes of at least 4 members (excludes halogenated alkanes) is 6. The van der Waals surface area contributed by atoms with Gasteiger partial charge in [-0.1, -0.05) is 0 Å². The van der Waals surface area contributed by atoms with Crippen LogP contribution in [-0.2, 0) is 123 Å². The average molecular weight is 1750 g/mol. The molecule has 3 rings (SSSR count). The Hall–Kier alpha value is -2.39. The van der Waals surface area contributed by atoms with Gasteiger partial charge >= 0.3 is 36.2 Å². The van der Waals surface area contributed by atoms with Gasteiger partial charge in [0.25, 0.3) is 0 Å². The molecule has 115 heavy (non-hydrogen) atoms. The Morgan fingerprint density at radius 1 is 0.348 bits per heavy atom. The van der Waals surface area contributed by atoms with Gasteiger partial charge in [0, 0.05) is 118 Å². The van der Waals surface area contributed by atoms with E-state index >= 15 is 0 Å². The number of rotatable bonds is 43. The van der Waals surface area contributed by atoms with E-state index in [0.717, 1.165) is 50.6 Å². The summed E-state index contributed by atoms with van der Waals surface area (Å²) in [5.41, 5.74) is 15.9. The van der Waals surface area contributed by atoms with Crippen LogP contribution in [0.5, 0.6) is 0 Å². The van der Waals surface area contributed by atoms with Crippen molar-refractivity contribution in [2.24, 2.45) is 17.2 Å². The van der Waals surface area contributed by atoms with E-state index in [9.17, 15) is 69.6 Å². The van der Waals surface area contributed by atoms with Crippen LogP contribution in [0.4, 0.5) is 0 Å². The SMILES string of the molecule is CC(C)(C)O[Si](OC(C)(C)C)(OC(C)(C)C)OC(C)(C)C.CC(C)O[Si](OC(C)C)(OC(C)C)OC(C)C.CCO[Si](OCC)(OCC)OCC.CO[Si](OC)(OC)OC.NC1C(OC2C(CO)OC(OC3C(CO)OC(O)C(N)C3O)C(N)C2O)OC(CO)C(O)C1O.O=CCCC=O.O=CCCCC=O.O=CCCCCC=O. The van der Waals surface area contributed by atoms with E-state index in [2.05, 4.69) is 0 Å². The van der Waals surface area contributed by atoms with E-state index < -0.39 is 170 Å². The van der Waals surface area contributed by atoms with E-state index in [1.807, 2.05) is 166 Å². The number of hydrogen-bond acceptors (Lipinski definition) is 38. The molecule has 15 atom stereocenters. The second kappa shape index (κ2) is 64.4. The lowest BCUT2D eigenvalue weighted by molar-refractivity contribution is -0.348. The minimum Gasteiger partial charge on any atom is -0.394 e. The highest BCUT2D eigenvalue weighted by molar-refractivity contribution is 6.54. The number of aliphatic hydroxyl groups excluding tert-OH is 8. The predicted octanol–water partition coefficient (Wildman–Crippen LogP) is 3.37. The Balaban J connectivity index is -0.000000433. The van der Waals surface area contributed by atoms with Crippen molar-refractivity contribution in [3.8, 4) is 0 Å². The smallest absolute Gasteiger partial charge is 0.394 e. The summed E-state index contributed by atoms with van der Waals surface area (Å²) in [6, 6.07) is -3.87. The molecule has 0 aromatic rings. The molecular weight excluding hydrogens is 1590 g/mol. The lowest BCUT2D eigenvalue weighted by Gasteiger charge is -2.48. The van der Waals surface area contributed by atoms with Crippen LogP contribution in [-0.4, -0.2) is 328 Å². The van der Waals surface area contributed by atoms with Gasteiger partial charge < -0.3 is 181 Å². The average Bonchev–Trinajstić information content (AvgIpc) is 0.806. The van der Waals surface area contributed by atoms with E-state index in [4.69, 9.17) is 112 Å². The van der Waals surface area contributed by atoms with Crippen molar-refractivity contribution in [2.75, 3.05) is 74.7 Å². The van der Waals surface area contributed by atoms with Crippen LogP contribution in [0.3, 0.4) is 0 Å². The fraction of sp³-hybridized carbons (Fsp3) is 0.918. The first-order valence-corrected chi connectivity index (χ1v) is 45.5. The molecule has 688 valence electrons. The molecule has 0 amide bonds. The highest BCUT2D eigenvalue weighted by atomic mass is 28.4. The van der Waals surface area contributed by atoms with Gasteiger partial charge in [-0.15, -0.1) is 0 Å². The summed E-state index contributed by atoms with van der Waals surface area (Å²) in [7, 11) is -5.92. The number of hydrogen-bond donors (Lipinski definition) is 11. The van der Waals surface area contributed by atoms with Crippen molar-refractivity contribution in [2.45, 2.75) is 363 Å². The van der Waals surface area contributed by atoms with E-state index in [-0.39, 0.29) is 24.4 Å². The lowest BCUT2D eigenvalue weighted by atomic mass is 9.94. The number of aldehydes is 6. The van der Waals surface area contributed by atoms with Crippen LogP contribution < -0.4 is 17.2 Å². The Morgan fingerprint density at radius 3 is 0.852 bits per heavy atom. The summed E-state index contributed by atoms with van der Waals surface area (Å²) < 4.78 is 117. The zero-order chi connectivity index (χ0) is 90.4. The lowest BCUT2D eigenvalue weighted by Crippen LogP contribution is -2.69. The molecule has 0 aliphatic carbocycles. The fourth-order valence-electron chi connectivity index (χ4n) is 9.46. The number of carbonyl (C=O) groups is 6. The molecule has 3 heterocycles. The Kier molecular flexibility index (Phi) is 67.8. The summed E-state index contributed by atoms with van der Waals surface area (Å²) in [5.74, 6) is 0. The third-order valence-electron chi connectivity index (χ3n) is 13.8. The Labute approximate surface area is 689 Å². The van der Waals surface area contributed by atoms with Gasteiger partial charge in [-0.25, -0.2) is 0 Å². The van der Waals surface area contributed by atoms with Crippen LogP contribution in [0.2, 0.25) is 0 Å². The zero-order valence-electron chi connectivity index (χ0n) is 74.1. The number of carbonyl (C=O) groups excluding carboxylic acids is 6. The van der Waals surface area contributed by atoms with Gasteiger partial charge in [0.1, 0.15) is 92.7 Å². The van der Waals surface area contributed by atoms with E-state index in [0.29, 0.717) is 71.4 Å². The van der Waals surface area contributed by atoms with Gasteiger partial charge in [-0.2, -0.15) is 0 Å². The molecule has 3 fully saturated rings. The van der Waals surface area contributed by atoms with Crippen molar-refractivity contribution in [1.29, 1.82) is 0 Å². The monoisotopic (exact) mass is 1750 g/mol. The minimum atomic E-state index is -3.34. The summed E-state index contributed by atoms with van der Waals surface area (Å²) in [4.78, 5) is 57.3. The molecule has 0 bridgehead atoms. The standard InChI is InChI=1S/C18H35N3O13.C16H36O4Si.C12H28O4Si.C8H20O4Si.C6H10O2.C5H8O2.C4H12O4Si.C4H6O2/c19-7-12(27)14(5(2-23)30-16(7)29)33-18-9(21)13(28)15(6(3-24)32-18)34-17-8(20)11(26)10(25)4(1-22)31-17;1-13(2,3)17-21(18-14(4,5)6,19-15(7,8)9)20-16(10,11)12;1-9(2)13-17(14-10(3)4,15-11(5)6)16-12(7)8;1-5-9-13(10-6-2,11-7-3)12-8-4;7-5-3-1-2-4-6-8;6-4-2-1-3-5-7;1-5-9(6-2,7-3)8-4;5-3-1-2-4-6/h4-18,22-29H,1-3,19-21H2;1-12H3;9-12H,1-8H3;5-8H2,1-4H3;5-6H,1-4H2;4-5H,1-3H2;1-4H3;3-4H,1-2H2. The molecule has 0 aromatic carbocycles. The molecule has 3 aliphatic heterocycles. The molecule has 14 N–H and O–H groups in total. The molecule has 38 nitrogen and oxygen atoms in total. The summed E-state index contributed by atoms with van der Waals surface area (Å²) >= 11 is 0. The third-order valence-corrected chi connectivity index (χ3v) is 24.9. The van der Waals surface area contributed by atoms with Crippen LogP contribution in [0.25, 0.3) is 0 Å². The maximum atomic E-state index is 10.8. The van der Waals surface area contributed by atoms with Crippen molar-refractivity contribution in [3.63, 3.8) is 0 Å². The number of ether oxygens (including phenoxy) is 5. The van der Waals surface area contributed by atoms with Crippen molar-refractivity contribution in [1.82, 2.24) is 0 Å². The molecule has 3 saturated heterocycles. The molecule has 0 saturated carbocycles. The minimum absolute atomic E-state index is 0.0120. The first kappa shape index (κ1) is 121. The van der Waals surface area contributed by atoms with E-state index in [1.54, 1.807) is 0 Å². The zero-order valence-corrected chi connectivity index (χ0v) is 78.1. The second-order valence-corrected chi connectivity index (χ2v) is 39.0. The molecule has 42 heteroatoms. The highest BCUT2D eigenvalue weighted by Gasteiger charge is 2.57. The van der Waals surface area contributed by atoms with Gasteiger partial charge in [-0.3, -0.25) is 0 Å². The summed E-state index contributed by atoms with van der Waals surface area (Å²) in [6.07, 6.45) is -6.54. The van der Waals surface area contributed by atoms with Crippen LogP contribution in [0.15, 0.2) is 0 Å². The van der Waals surface area contributed by atoms with Crippen LogP contribution in [0, 0.1) is 0 Å². The molecular formula is C73H155N3O35Si4. The Bertz CT molecular complexity index is 2220. The first-order valence-electron chi connectivity index (χ1n) is 38.9. The normalized spacial score (nSPS) is 24.1. The highest BCUT2D eigenvalue weighted by Crippen LogP contribution is 2.35. The van der Waals surface area contributed by atoms with Gasteiger partial charge in [0.05, 0.1) is 60.4 Å². The maximum Gasteiger partial charge on any atom is 0.681 e. The van der Waals surface area contributed by atoms with Gasteiger partial charge in [0.15, 0.2) is 18.9 Å². The van der Waals surface area contributed by atoms with Gasteiger partial charge in [0.2, 0.25) is 0 Å². The molecule has 0 aromatic heterocycles. The number of aliphatic hydroxyl groups is 8. The predicted molar refractivity (Wildman–Crippen MR) is 431 cm³/mol. The van der Waals surface area contributed by atoms with Crippen LogP contribution >= 0.6 is 0 Å². The fourth-order valence-corrected chi connectivity index (χ4v) is 18.3. The molecule has 15 unspecified atom stereocenters. The topological polar surface area (TPSA) is 536 Å². The quantitative estimate of drug-likeness (QED) is 0.0237. The third kappa shape index (κ3) is 55.4. The molecule has 3 aliphatic rings. The molecule has 0 radical (unpaired) electrons.